The molecule has 0 aromatic heterocycles. The van der Waals surface area contributed by atoms with Crippen LogP contribution in [0.5, 0.6) is 0 Å². The highest BCUT2D eigenvalue weighted by Gasteiger charge is 2.70. The number of fused-ring (bicyclic) bond motifs is 7. The molecule has 4 saturated carbocycles. The Morgan fingerprint density at radius 2 is 1.15 bits per heavy atom. The van der Waals surface area contributed by atoms with E-state index in [1.54, 1.807) is 0 Å². The topological polar surface area (TPSA) is 355 Å². The van der Waals surface area contributed by atoms with E-state index < -0.39 is 161 Å². The second-order valence-electron chi connectivity index (χ2n) is 24.0. The van der Waals surface area contributed by atoms with Gasteiger partial charge in [-0.2, -0.15) is 0 Å². The lowest BCUT2D eigenvalue weighted by Gasteiger charge is -2.62. The third kappa shape index (κ3) is 9.49. The molecule has 32 atom stereocenters. The molecule has 420 valence electrons. The molecule has 1 spiro atoms. The molecular weight excluding hydrogens is 969 g/mol. The molecule has 13 N–H and O–H groups in total. The first-order chi connectivity index (χ1) is 34.7. The number of aliphatic hydroxyl groups is 13. The van der Waals surface area contributed by atoms with Crippen molar-refractivity contribution in [2.45, 2.75) is 226 Å². The second-order valence-corrected chi connectivity index (χ2v) is 24.0. The number of rotatable bonds is 11. The van der Waals surface area contributed by atoms with Gasteiger partial charge in [0.25, 0.3) is 0 Å². The molecule has 23 nitrogen and oxygen atoms in total. The Bertz CT molecular complexity index is 1860. The summed E-state index contributed by atoms with van der Waals surface area (Å²) in [6.07, 6.45) is -27.2. The van der Waals surface area contributed by atoms with E-state index in [9.17, 15) is 66.4 Å². The van der Waals surface area contributed by atoms with Gasteiger partial charge in [0, 0.05) is 12.3 Å². The van der Waals surface area contributed by atoms with Crippen LogP contribution in [0.4, 0.5) is 0 Å². The van der Waals surface area contributed by atoms with Crippen molar-refractivity contribution < 1.29 is 114 Å². The Morgan fingerprint density at radius 1 is 0.521 bits per heavy atom. The molecule has 0 bridgehead atoms. The number of hydrogen-bond donors (Lipinski definition) is 13. The van der Waals surface area contributed by atoms with Gasteiger partial charge in [-0.25, -0.2) is 0 Å². The van der Waals surface area contributed by atoms with E-state index in [0.717, 1.165) is 51.6 Å². The fourth-order valence-electron chi connectivity index (χ4n) is 15.9. The minimum atomic E-state index is -2.02. The van der Waals surface area contributed by atoms with Crippen molar-refractivity contribution in [1.82, 2.24) is 0 Å². The first-order valence-corrected chi connectivity index (χ1v) is 26.8. The highest BCUT2D eigenvalue weighted by atomic mass is 16.8. The van der Waals surface area contributed by atoms with Crippen molar-refractivity contribution in [3.63, 3.8) is 0 Å². The van der Waals surface area contributed by atoms with Crippen molar-refractivity contribution in [3.05, 3.63) is 0 Å². The normalized spacial score (nSPS) is 58.2. The summed E-state index contributed by atoms with van der Waals surface area (Å²) in [4.78, 5) is 0. The minimum Gasteiger partial charge on any atom is -0.394 e. The molecule has 10 fully saturated rings. The summed E-state index contributed by atoms with van der Waals surface area (Å²) >= 11 is 0. The molecule has 73 heavy (non-hydrogen) atoms. The molecule has 0 unspecified atom stereocenters. The molecule has 0 radical (unpaired) electrons. The van der Waals surface area contributed by atoms with Crippen LogP contribution >= 0.6 is 0 Å². The highest BCUT2D eigenvalue weighted by Crippen LogP contribution is 2.71. The zero-order valence-corrected chi connectivity index (χ0v) is 42.0. The maximum atomic E-state index is 12.0. The average molecular weight is 1050 g/mol. The Labute approximate surface area is 424 Å². The first-order valence-electron chi connectivity index (χ1n) is 26.8. The van der Waals surface area contributed by atoms with Gasteiger partial charge in [0.15, 0.2) is 30.9 Å². The van der Waals surface area contributed by atoms with Crippen LogP contribution in [0.25, 0.3) is 0 Å². The third-order valence-electron chi connectivity index (χ3n) is 20.0. The van der Waals surface area contributed by atoms with E-state index in [-0.39, 0.29) is 22.9 Å². The molecule has 6 heterocycles. The van der Waals surface area contributed by atoms with Gasteiger partial charge in [0.05, 0.1) is 51.3 Å². The van der Waals surface area contributed by atoms with E-state index in [2.05, 4.69) is 27.7 Å². The van der Waals surface area contributed by atoms with Crippen LogP contribution in [-0.4, -0.2) is 240 Å². The first kappa shape index (κ1) is 55.4. The smallest absolute Gasteiger partial charge is 0.187 e. The van der Waals surface area contributed by atoms with Crippen LogP contribution in [0.2, 0.25) is 0 Å². The molecule has 23 heteroatoms. The number of aliphatic hydroxyl groups excluding tert-OH is 13. The average Bonchev–Trinajstić information content (AvgIpc) is 3.82. The quantitative estimate of drug-likeness (QED) is 0.0902. The Kier molecular flexibility index (Phi) is 16.1. The molecule has 0 aromatic rings. The fraction of sp³-hybridized carbons (Fsp3) is 1.00. The lowest BCUT2D eigenvalue weighted by molar-refractivity contribution is -0.404. The highest BCUT2D eigenvalue weighted by molar-refractivity contribution is 5.16. The molecular formula is C50H82O23. The van der Waals surface area contributed by atoms with Gasteiger partial charge in [0.1, 0.15) is 91.6 Å². The van der Waals surface area contributed by atoms with Crippen molar-refractivity contribution in [3.8, 4) is 0 Å². The summed E-state index contributed by atoms with van der Waals surface area (Å²) in [7, 11) is 0. The summed E-state index contributed by atoms with van der Waals surface area (Å²) in [5.74, 6) is 2.34. The van der Waals surface area contributed by atoms with Crippen LogP contribution in [0, 0.1) is 52.3 Å². The predicted molar refractivity (Wildman–Crippen MR) is 244 cm³/mol. The van der Waals surface area contributed by atoms with Crippen LogP contribution in [0.1, 0.15) is 85.5 Å². The van der Waals surface area contributed by atoms with Crippen LogP contribution in [-0.2, 0) is 47.4 Å². The van der Waals surface area contributed by atoms with Crippen molar-refractivity contribution in [1.29, 1.82) is 0 Å². The molecule has 0 aromatic carbocycles. The van der Waals surface area contributed by atoms with Gasteiger partial charge in [-0.1, -0.05) is 27.7 Å². The summed E-state index contributed by atoms with van der Waals surface area (Å²) in [5.41, 5.74) is -0.0565. The van der Waals surface area contributed by atoms with Crippen LogP contribution < -0.4 is 0 Å². The van der Waals surface area contributed by atoms with E-state index in [1.807, 2.05) is 0 Å². The monoisotopic (exact) mass is 1050 g/mol. The lowest BCUT2D eigenvalue weighted by atomic mass is 9.44. The Balaban J connectivity index is 0.824. The zero-order chi connectivity index (χ0) is 52.2. The number of hydrogen-bond acceptors (Lipinski definition) is 23. The SMILES string of the molecule is C[C@@H]1CC[C@@]2(OC1)O[C@H]1C[C@H]3[C@@H]4CC[C@H]5C[C@@H](O[C@@H]6O[C@H](CO)[C@H](O[C@@H]7O[C@H](CO)[C@@H](O)[C@H](O[C@@H]8OC[C@@H](O)[C@H](O)[C@H]8O)[C@H]7O[C@@H]7O[C@H](CO)[C@H](O)[C@H](O)[C@H]7O)[C@H](O)[C@H]6O)[C@H](O)C[C@]5(C)[C@H]4CC[C@]3(C)[C@H]1[C@@H]2C. The lowest BCUT2D eigenvalue weighted by Crippen LogP contribution is -2.68. The van der Waals surface area contributed by atoms with Gasteiger partial charge >= 0.3 is 0 Å². The fourth-order valence-corrected chi connectivity index (χ4v) is 15.9. The predicted octanol–water partition coefficient (Wildman–Crippen LogP) is -3.30. The van der Waals surface area contributed by atoms with Crippen LogP contribution in [0.3, 0.4) is 0 Å². The minimum absolute atomic E-state index is 0.130. The van der Waals surface area contributed by atoms with Crippen molar-refractivity contribution in [2.24, 2.45) is 52.3 Å². The Morgan fingerprint density at radius 3 is 1.85 bits per heavy atom. The van der Waals surface area contributed by atoms with Gasteiger partial charge in [-0.3, -0.25) is 0 Å². The number of ether oxygens (including phenoxy) is 10. The van der Waals surface area contributed by atoms with E-state index >= 15 is 0 Å². The summed E-state index contributed by atoms with van der Waals surface area (Å²) < 4.78 is 61.1. The standard InChI is InChI=1S/C50H82O23/c1-19-7-10-50(65-17-19)20(2)32-28(73-50)12-24-22-6-5-21-11-27(25(54)13-49(21,4)23(22)8-9-48(24,32)3)66-45-40(63)37(60)41(31(16-53)69-45)70-47-43(72-46-39(62)36(59)34(57)29(14-51)67-46)42(35(58)30(15-52)68-47)71-44-38(61)33(56)26(55)18-64-44/h19-47,51-63H,5-18H2,1-4H3/t19-,20+,21+,22-,23+,24+,25-,26-,27-,28+,29-,30-,31-,32+,33+,34+,35-,36+,37-,38-,39-,40-,41+,42+,43-,44+,45-,46+,47+,48+,49+,50-/m1/s1. The van der Waals surface area contributed by atoms with Crippen LogP contribution in [0.15, 0.2) is 0 Å². The summed E-state index contributed by atoms with van der Waals surface area (Å²) in [5, 5.41) is 141. The maximum absolute atomic E-state index is 12.0. The molecule has 0 amide bonds. The van der Waals surface area contributed by atoms with Gasteiger partial charge in [-0.15, -0.1) is 0 Å². The van der Waals surface area contributed by atoms with Crippen molar-refractivity contribution in [2.75, 3.05) is 33.0 Å². The van der Waals surface area contributed by atoms with Gasteiger partial charge in [0.2, 0.25) is 0 Å². The van der Waals surface area contributed by atoms with E-state index in [1.165, 1.54) is 0 Å². The molecule has 10 rings (SSSR count). The second kappa shape index (κ2) is 21.3. The van der Waals surface area contributed by atoms with Gasteiger partial charge in [-0.05, 0) is 97.7 Å². The van der Waals surface area contributed by atoms with E-state index in [4.69, 9.17) is 47.4 Å². The largest absolute Gasteiger partial charge is 0.394 e. The molecule has 4 aliphatic carbocycles. The van der Waals surface area contributed by atoms with E-state index in [0.29, 0.717) is 48.3 Å². The summed E-state index contributed by atoms with van der Waals surface area (Å²) in [6, 6.07) is 0. The Hall–Kier alpha value is -0.920. The summed E-state index contributed by atoms with van der Waals surface area (Å²) in [6.45, 7) is 7.02. The zero-order valence-electron chi connectivity index (χ0n) is 42.0. The molecule has 6 saturated heterocycles. The van der Waals surface area contributed by atoms with Gasteiger partial charge < -0.3 is 114 Å². The molecule has 10 aliphatic rings. The maximum Gasteiger partial charge on any atom is 0.187 e. The van der Waals surface area contributed by atoms with Crippen molar-refractivity contribution >= 4 is 0 Å². The molecule has 6 aliphatic heterocycles. The third-order valence-corrected chi connectivity index (χ3v) is 20.0.